The van der Waals surface area contributed by atoms with Gasteiger partial charge in [0.1, 0.15) is 11.6 Å². The number of nitrogens with zero attached hydrogens (tertiary/aromatic N) is 3. The highest BCUT2D eigenvalue weighted by Crippen LogP contribution is 2.28. The van der Waals surface area contributed by atoms with Crippen LogP contribution in [0.2, 0.25) is 0 Å². The van der Waals surface area contributed by atoms with Gasteiger partial charge in [-0.25, -0.2) is 10.4 Å². The van der Waals surface area contributed by atoms with Crippen LogP contribution in [0.15, 0.2) is 82.7 Å². The molecule has 0 bridgehead atoms. The van der Waals surface area contributed by atoms with E-state index in [-0.39, 0.29) is 29.7 Å². The summed E-state index contributed by atoms with van der Waals surface area (Å²) in [5.74, 6) is 0.640. The van der Waals surface area contributed by atoms with Crippen molar-refractivity contribution in [2.24, 2.45) is 5.10 Å². The number of hydrogen-bond acceptors (Lipinski definition) is 8. The summed E-state index contributed by atoms with van der Waals surface area (Å²) >= 11 is 0. The van der Waals surface area contributed by atoms with Crippen LogP contribution in [0.25, 0.3) is 11.3 Å². The Morgan fingerprint density at radius 1 is 1.08 bits per heavy atom. The second-order valence-corrected chi connectivity index (χ2v) is 8.33. The highest BCUT2D eigenvalue weighted by atomic mass is 16.5. The Hall–Kier alpha value is -5.43. The molecule has 0 aliphatic carbocycles. The van der Waals surface area contributed by atoms with Crippen LogP contribution in [-0.2, 0) is 4.79 Å². The highest BCUT2D eigenvalue weighted by molar-refractivity contribution is 5.92. The number of hydrazone groups is 1. The van der Waals surface area contributed by atoms with Crippen LogP contribution in [0.5, 0.6) is 11.5 Å². The molecule has 0 saturated heterocycles. The molecule has 4 rings (SSSR count). The van der Waals surface area contributed by atoms with Gasteiger partial charge >= 0.3 is 0 Å². The molecule has 10 nitrogen and oxygen atoms in total. The molecule has 3 aromatic carbocycles. The topological polar surface area (TPSA) is 141 Å². The Labute approximate surface area is 225 Å². The number of carbonyl (C=O) groups excluding carboxylic acids is 1. The van der Waals surface area contributed by atoms with Crippen molar-refractivity contribution in [1.82, 2.24) is 9.97 Å². The first-order chi connectivity index (χ1) is 19.0. The number of ether oxygens (including phenoxy) is 2. The standard InChI is InChI=1S/C29H26N6O4/c1-3-38-25-15-20(11-14-24(25)39-18-26(36)32-22-12-9-19(2)10-13-22)17-31-35-29-33-27(21-7-5-4-6-8-21)23(16-30)28(37)34-29/h4-15,17H,3,18H2,1-2H3,(H,32,36)(H2,33,34,35,37). The molecule has 0 unspecified atom stereocenters. The Morgan fingerprint density at radius 2 is 1.85 bits per heavy atom. The fourth-order valence-corrected chi connectivity index (χ4v) is 3.57. The van der Waals surface area contributed by atoms with Gasteiger partial charge in [0.05, 0.1) is 18.5 Å². The van der Waals surface area contributed by atoms with E-state index in [1.807, 2.05) is 50.2 Å². The lowest BCUT2D eigenvalue weighted by atomic mass is 10.1. The molecule has 1 heterocycles. The van der Waals surface area contributed by atoms with Crippen LogP contribution in [0.1, 0.15) is 23.6 Å². The van der Waals surface area contributed by atoms with Crippen molar-refractivity contribution in [3.8, 4) is 28.8 Å². The van der Waals surface area contributed by atoms with E-state index in [1.54, 1.807) is 42.5 Å². The maximum Gasteiger partial charge on any atom is 0.270 e. The second-order valence-electron chi connectivity index (χ2n) is 8.33. The fraction of sp³-hybridized carbons (Fsp3) is 0.138. The first-order valence-corrected chi connectivity index (χ1v) is 12.1. The predicted octanol–water partition coefficient (Wildman–Crippen LogP) is 4.48. The number of rotatable bonds is 10. The van der Waals surface area contributed by atoms with Crippen molar-refractivity contribution in [3.05, 3.63) is 99.8 Å². The van der Waals surface area contributed by atoms with Crippen LogP contribution >= 0.6 is 0 Å². The largest absolute Gasteiger partial charge is 0.490 e. The molecule has 0 radical (unpaired) electrons. The molecule has 0 aliphatic rings. The van der Waals surface area contributed by atoms with Crippen molar-refractivity contribution in [2.45, 2.75) is 13.8 Å². The second kappa shape index (κ2) is 12.7. The normalized spacial score (nSPS) is 10.6. The number of carbonyl (C=O) groups is 1. The summed E-state index contributed by atoms with van der Waals surface area (Å²) in [6.45, 7) is 4.02. The van der Waals surface area contributed by atoms with Gasteiger partial charge in [0.15, 0.2) is 18.1 Å². The fourth-order valence-electron chi connectivity index (χ4n) is 3.57. The van der Waals surface area contributed by atoms with E-state index >= 15 is 0 Å². The van der Waals surface area contributed by atoms with E-state index in [0.717, 1.165) is 5.56 Å². The zero-order valence-electron chi connectivity index (χ0n) is 21.4. The molecule has 39 heavy (non-hydrogen) atoms. The zero-order chi connectivity index (χ0) is 27.6. The minimum absolute atomic E-state index is 0.0821. The molecule has 1 aromatic heterocycles. The van der Waals surface area contributed by atoms with Crippen molar-refractivity contribution in [1.29, 1.82) is 5.26 Å². The third kappa shape index (κ3) is 7.08. The first kappa shape index (κ1) is 26.6. The zero-order valence-corrected chi connectivity index (χ0v) is 21.4. The van der Waals surface area contributed by atoms with E-state index in [0.29, 0.717) is 34.9 Å². The van der Waals surface area contributed by atoms with Gasteiger partial charge in [-0.2, -0.15) is 10.4 Å². The van der Waals surface area contributed by atoms with Crippen LogP contribution in [0, 0.1) is 18.3 Å². The van der Waals surface area contributed by atoms with E-state index in [4.69, 9.17) is 9.47 Å². The third-order valence-corrected chi connectivity index (χ3v) is 5.42. The minimum Gasteiger partial charge on any atom is -0.490 e. The molecule has 0 atom stereocenters. The molecule has 196 valence electrons. The number of hydrogen-bond donors (Lipinski definition) is 3. The van der Waals surface area contributed by atoms with Gasteiger partial charge in [-0.1, -0.05) is 48.0 Å². The van der Waals surface area contributed by atoms with Gasteiger partial charge in [0.2, 0.25) is 5.95 Å². The quantitative estimate of drug-likeness (QED) is 0.206. The number of nitrogens with one attached hydrogen (secondary N) is 3. The molecule has 1 amide bonds. The molecular weight excluding hydrogens is 496 g/mol. The minimum atomic E-state index is -0.574. The third-order valence-electron chi connectivity index (χ3n) is 5.42. The average molecular weight is 523 g/mol. The monoisotopic (exact) mass is 522 g/mol. The van der Waals surface area contributed by atoms with Crippen LogP contribution in [0.3, 0.4) is 0 Å². The lowest BCUT2D eigenvalue weighted by Crippen LogP contribution is -2.20. The van der Waals surface area contributed by atoms with Crippen molar-refractivity contribution in [3.63, 3.8) is 0 Å². The molecule has 0 spiro atoms. The van der Waals surface area contributed by atoms with E-state index < -0.39 is 5.56 Å². The summed E-state index contributed by atoms with van der Waals surface area (Å²) in [5, 5.41) is 16.3. The Bertz CT molecular complexity index is 1570. The van der Waals surface area contributed by atoms with E-state index in [1.165, 1.54) is 6.21 Å². The summed E-state index contributed by atoms with van der Waals surface area (Å²) < 4.78 is 11.4. The molecule has 0 aliphatic heterocycles. The van der Waals surface area contributed by atoms with Crippen molar-refractivity contribution in [2.75, 3.05) is 24.0 Å². The number of aromatic nitrogens is 2. The number of nitriles is 1. The summed E-state index contributed by atoms with van der Waals surface area (Å²) in [7, 11) is 0. The van der Waals surface area contributed by atoms with Gasteiger partial charge in [-0.05, 0) is 49.7 Å². The summed E-state index contributed by atoms with van der Waals surface area (Å²) in [6, 6.07) is 23.5. The molecule has 4 aromatic rings. The van der Waals surface area contributed by atoms with Crippen molar-refractivity contribution >= 4 is 23.8 Å². The smallest absolute Gasteiger partial charge is 0.270 e. The first-order valence-electron chi connectivity index (χ1n) is 12.1. The summed E-state index contributed by atoms with van der Waals surface area (Å²) in [4.78, 5) is 31.6. The van der Waals surface area contributed by atoms with E-state index in [2.05, 4.69) is 25.8 Å². The Morgan fingerprint density at radius 3 is 2.56 bits per heavy atom. The van der Waals surface area contributed by atoms with Crippen LogP contribution in [-0.4, -0.2) is 35.3 Å². The molecule has 0 saturated carbocycles. The average Bonchev–Trinajstić information content (AvgIpc) is 2.94. The molecular formula is C29H26N6O4. The Kier molecular flexibility index (Phi) is 8.67. The lowest BCUT2D eigenvalue weighted by Gasteiger charge is -2.13. The summed E-state index contributed by atoms with van der Waals surface area (Å²) in [6.07, 6.45) is 1.51. The molecule has 3 N–H and O–H groups in total. The molecule has 10 heteroatoms. The SMILES string of the molecule is CCOc1cc(C=NNc2nc(-c3ccccc3)c(C#N)c(=O)[nH]2)ccc1OCC(=O)Nc1ccc(C)cc1. The van der Waals surface area contributed by atoms with Gasteiger partial charge in [0, 0.05) is 11.3 Å². The van der Waals surface area contributed by atoms with Crippen molar-refractivity contribution < 1.29 is 14.3 Å². The Balaban J connectivity index is 1.44. The van der Waals surface area contributed by atoms with Gasteiger partial charge < -0.3 is 14.8 Å². The number of amides is 1. The van der Waals surface area contributed by atoms with Gasteiger partial charge in [0.25, 0.3) is 11.5 Å². The maximum absolute atomic E-state index is 12.4. The van der Waals surface area contributed by atoms with Gasteiger partial charge in [-0.15, -0.1) is 0 Å². The predicted molar refractivity (Wildman–Crippen MR) is 149 cm³/mol. The maximum atomic E-state index is 12.4. The van der Waals surface area contributed by atoms with Gasteiger partial charge in [-0.3, -0.25) is 14.6 Å². The number of aryl methyl sites for hydroxylation is 1. The van der Waals surface area contributed by atoms with Crippen LogP contribution in [0.4, 0.5) is 11.6 Å². The number of anilines is 2. The highest BCUT2D eigenvalue weighted by Gasteiger charge is 2.13. The number of benzene rings is 3. The van der Waals surface area contributed by atoms with Crippen LogP contribution < -0.4 is 25.8 Å². The van der Waals surface area contributed by atoms with E-state index in [9.17, 15) is 14.9 Å². The number of aromatic amines is 1. The lowest BCUT2D eigenvalue weighted by molar-refractivity contribution is -0.118. The summed E-state index contributed by atoms with van der Waals surface area (Å²) in [5.41, 5.74) is 5.39. The molecule has 0 fully saturated rings. The number of H-pyrrole nitrogens is 1.